The van der Waals surface area contributed by atoms with E-state index in [1.165, 1.54) is 24.2 Å². The van der Waals surface area contributed by atoms with Crippen LogP contribution in [0.15, 0.2) is 24.3 Å². The van der Waals surface area contributed by atoms with E-state index in [9.17, 15) is 4.79 Å². The molecule has 2 aromatic heterocycles. The minimum Gasteiger partial charge on any atom is -0.364 e. The van der Waals surface area contributed by atoms with Gasteiger partial charge in [-0.25, -0.2) is 4.98 Å². The highest BCUT2D eigenvalue weighted by atomic mass is 32.1. The molecule has 6 nitrogen and oxygen atoms in total. The molecule has 0 radical (unpaired) electrons. The molecular formula is C17H20N4O2S2. The minimum atomic E-state index is -0.225. The molecule has 0 fully saturated rings. The summed E-state index contributed by atoms with van der Waals surface area (Å²) in [5.41, 5.74) is 0.958. The number of anilines is 1. The van der Waals surface area contributed by atoms with Crippen molar-refractivity contribution in [2.45, 2.75) is 39.2 Å². The lowest BCUT2D eigenvalue weighted by Gasteiger charge is -2.01. The molecular weight excluding hydrogens is 356 g/mol. The number of fused-ring (bicyclic) bond motifs is 1. The SMILES string of the molecule is CCCCCc1nnc(NC(=O)COCc2nc3ccccc3s2)s1. The highest BCUT2D eigenvalue weighted by molar-refractivity contribution is 7.18. The van der Waals surface area contributed by atoms with Gasteiger partial charge in [0, 0.05) is 6.42 Å². The van der Waals surface area contributed by atoms with Gasteiger partial charge in [-0.2, -0.15) is 0 Å². The number of hydrogen-bond acceptors (Lipinski definition) is 7. The number of rotatable bonds is 9. The second-order valence-electron chi connectivity index (χ2n) is 5.57. The molecule has 1 aromatic carbocycles. The molecule has 0 aliphatic rings. The van der Waals surface area contributed by atoms with Crippen LogP contribution in [0, 0.1) is 0 Å². The Bertz CT molecular complexity index is 798. The molecule has 1 N–H and O–H groups in total. The van der Waals surface area contributed by atoms with Crippen molar-refractivity contribution in [1.82, 2.24) is 15.2 Å². The van der Waals surface area contributed by atoms with Crippen LogP contribution >= 0.6 is 22.7 Å². The first-order valence-corrected chi connectivity index (χ1v) is 9.92. The molecule has 3 aromatic rings. The number of carbonyl (C=O) groups excluding carboxylic acids is 1. The molecule has 0 saturated carbocycles. The molecule has 0 aliphatic carbocycles. The van der Waals surface area contributed by atoms with E-state index in [0.717, 1.165) is 33.1 Å². The summed E-state index contributed by atoms with van der Waals surface area (Å²) in [4.78, 5) is 16.4. The predicted octanol–water partition coefficient (Wildman–Crippen LogP) is 4.04. The average molecular weight is 377 g/mol. The number of aromatic nitrogens is 3. The summed E-state index contributed by atoms with van der Waals surface area (Å²) >= 11 is 3.00. The van der Waals surface area contributed by atoms with Gasteiger partial charge in [-0.1, -0.05) is 43.2 Å². The van der Waals surface area contributed by atoms with Gasteiger partial charge in [0.25, 0.3) is 5.91 Å². The maximum absolute atomic E-state index is 11.9. The summed E-state index contributed by atoms with van der Waals surface area (Å²) < 4.78 is 6.58. The fourth-order valence-corrected chi connectivity index (χ4v) is 4.00. The number of nitrogens with zero attached hydrogens (tertiary/aromatic N) is 3. The number of benzene rings is 1. The lowest BCUT2D eigenvalue weighted by Crippen LogP contribution is -2.18. The molecule has 0 unspecified atom stereocenters. The third-order valence-electron chi connectivity index (χ3n) is 3.50. The maximum Gasteiger partial charge on any atom is 0.252 e. The summed E-state index contributed by atoms with van der Waals surface area (Å²) in [7, 11) is 0. The topological polar surface area (TPSA) is 77.0 Å². The van der Waals surface area contributed by atoms with Crippen LogP contribution < -0.4 is 5.32 Å². The first-order chi connectivity index (χ1) is 12.2. The predicted molar refractivity (Wildman–Crippen MR) is 101 cm³/mol. The molecule has 0 spiro atoms. The van der Waals surface area contributed by atoms with E-state index in [0.29, 0.717) is 11.7 Å². The lowest BCUT2D eigenvalue weighted by molar-refractivity contribution is -0.121. The fraction of sp³-hybridized carbons (Fsp3) is 0.412. The molecule has 132 valence electrons. The first kappa shape index (κ1) is 17.9. The summed E-state index contributed by atoms with van der Waals surface area (Å²) in [6, 6.07) is 7.93. The zero-order valence-electron chi connectivity index (χ0n) is 14.0. The van der Waals surface area contributed by atoms with Crippen molar-refractivity contribution >= 4 is 43.9 Å². The molecule has 0 saturated heterocycles. The zero-order valence-corrected chi connectivity index (χ0v) is 15.7. The van der Waals surface area contributed by atoms with E-state index >= 15 is 0 Å². The summed E-state index contributed by atoms with van der Waals surface area (Å²) in [5, 5.41) is 13.2. The first-order valence-electron chi connectivity index (χ1n) is 8.29. The van der Waals surface area contributed by atoms with Crippen molar-refractivity contribution in [3.05, 3.63) is 34.3 Å². The van der Waals surface area contributed by atoms with Crippen LogP contribution in [0.2, 0.25) is 0 Å². The quantitative estimate of drug-likeness (QED) is 0.570. The van der Waals surface area contributed by atoms with Crippen LogP contribution in [0.4, 0.5) is 5.13 Å². The van der Waals surface area contributed by atoms with Gasteiger partial charge in [-0.3, -0.25) is 10.1 Å². The molecule has 0 aliphatic heterocycles. The van der Waals surface area contributed by atoms with Gasteiger partial charge in [-0.05, 0) is 18.6 Å². The maximum atomic E-state index is 11.9. The van der Waals surface area contributed by atoms with Crippen molar-refractivity contribution in [3.8, 4) is 0 Å². The van der Waals surface area contributed by atoms with Crippen molar-refractivity contribution in [3.63, 3.8) is 0 Å². The van der Waals surface area contributed by atoms with Crippen LogP contribution in [-0.4, -0.2) is 27.7 Å². The third kappa shape index (κ3) is 5.29. The minimum absolute atomic E-state index is 0.0271. The molecule has 3 rings (SSSR count). The lowest BCUT2D eigenvalue weighted by atomic mass is 10.2. The second-order valence-corrected chi connectivity index (χ2v) is 7.75. The molecule has 0 atom stereocenters. The van der Waals surface area contributed by atoms with E-state index in [4.69, 9.17) is 4.74 Å². The highest BCUT2D eigenvalue weighted by Crippen LogP contribution is 2.22. The number of thiazole rings is 1. The van der Waals surface area contributed by atoms with E-state index in [2.05, 4.69) is 27.4 Å². The van der Waals surface area contributed by atoms with Crippen LogP contribution in [0.5, 0.6) is 0 Å². The Balaban J connectivity index is 1.42. The van der Waals surface area contributed by atoms with Gasteiger partial charge >= 0.3 is 0 Å². The Labute approximate surface area is 154 Å². The van der Waals surface area contributed by atoms with Crippen LogP contribution in [0.25, 0.3) is 10.2 Å². The van der Waals surface area contributed by atoms with E-state index < -0.39 is 0 Å². The van der Waals surface area contributed by atoms with Crippen molar-refractivity contribution in [1.29, 1.82) is 0 Å². The number of amides is 1. The number of para-hydroxylation sites is 1. The van der Waals surface area contributed by atoms with Gasteiger partial charge in [0.1, 0.15) is 16.6 Å². The molecule has 0 bridgehead atoms. The monoisotopic (exact) mass is 376 g/mol. The Morgan fingerprint density at radius 1 is 1.16 bits per heavy atom. The summed E-state index contributed by atoms with van der Waals surface area (Å²) in [6.45, 7) is 2.46. The van der Waals surface area contributed by atoms with Gasteiger partial charge in [0.15, 0.2) is 0 Å². The smallest absolute Gasteiger partial charge is 0.252 e. The molecule has 8 heteroatoms. The van der Waals surface area contributed by atoms with Gasteiger partial charge in [0.05, 0.1) is 16.8 Å². The van der Waals surface area contributed by atoms with Crippen molar-refractivity contribution in [2.24, 2.45) is 0 Å². The number of nitrogens with one attached hydrogen (secondary N) is 1. The van der Waals surface area contributed by atoms with Gasteiger partial charge < -0.3 is 4.74 Å². The van der Waals surface area contributed by atoms with Crippen molar-refractivity contribution in [2.75, 3.05) is 11.9 Å². The van der Waals surface area contributed by atoms with E-state index in [1.807, 2.05) is 24.3 Å². The Hall–Kier alpha value is -1.90. The molecule has 25 heavy (non-hydrogen) atoms. The van der Waals surface area contributed by atoms with Crippen molar-refractivity contribution < 1.29 is 9.53 Å². The van der Waals surface area contributed by atoms with E-state index in [-0.39, 0.29) is 12.5 Å². The number of aryl methyl sites for hydroxylation is 1. The Kier molecular flexibility index (Phi) is 6.43. The summed E-state index contributed by atoms with van der Waals surface area (Å²) in [6.07, 6.45) is 4.37. The van der Waals surface area contributed by atoms with Crippen LogP contribution in [0.1, 0.15) is 36.2 Å². The fourth-order valence-electron chi connectivity index (χ4n) is 2.30. The Morgan fingerprint density at radius 2 is 2.04 bits per heavy atom. The number of hydrogen-bond donors (Lipinski definition) is 1. The van der Waals surface area contributed by atoms with Gasteiger partial charge in [0.2, 0.25) is 5.13 Å². The number of unbranched alkanes of at least 4 members (excludes halogenated alkanes) is 2. The highest BCUT2D eigenvalue weighted by Gasteiger charge is 2.09. The average Bonchev–Trinajstić information content (AvgIpc) is 3.21. The largest absolute Gasteiger partial charge is 0.364 e. The standard InChI is InChI=1S/C17H20N4O2S2/c1-2-3-4-9-15-20-21-17(25-15)19-14(22)10-23-11-16-18-12-7-5-6-8-13(12)24-16/h5-8H,2-4,9-11H2,1H3,(H,19,21,22). The van der Waals surface area contributed by atoms with Gasteiger partial charge in [-0.15, -0.1) is 21.5 Å². The van der Waals surface area contributed by atoms with E-state index in [1.54, 1.807) is 11.3 Å². The number of ether oxygens (including phenoxy) is 1. The molecule has 1 amide bonds. The normalized spacial score (nSPS) is 11.1. The molecule has 2 heterocycles. The summed E-state index contributed by atoms with van der Waals surface area (Å²) in [5.74, 6) is -0.225. The third-order valence-corrected chi connectivity index (χ3v) is 5.41. The van der Waals surface area contributed by atoms with Crippen LogP contribution in [-0.2, 0) is 22.6 Å². The Morgan fingerprint density at radius 3 is 2.88 bits per heavy atom. The van der Waals surface area contributed by atoms with Crippen LogP contribution in [0.3, 0.4) is 0 Å². The number of carbonyl (C=O) groups is 1. The zero-order chi connectivity index (χ0) is 17.5. The second kappa shape index (κ2) is 8.98.